The first-order valence-electron chi connectivity index (χ1n) is 8.01. The van der Waals surface area contributed by atoms with Gasteiger partial charge in [-0.2, -0.15) is 0 Å². The summed E-state index contributed by atoms with van der Waals surface area (Å²) in [6, 6.07) is 18.6. The lowest BCUT2D eigenvalue weighted by atomic mass is 10.0. The van der Waals surface area contributed by atoms with Crippen molar-refractivity contribution in [2.24, 2.45) is 5.73 Å². The molecule has 3 aromatic carbocycles. The molecule has 3 N–H and O–H groups in total. The molecule has 0 heterocycles. The Morgan fingerprint density at radius 3 is 2.33 bits per heavy atom. The van der Waals surface area contributed by atoms with E-state index in [9.17, 15) is 8.78 Å². The monoisotopic (exact) mass is 326 g/mol. The standard InChI is InChI=1S/C20H20F2N2/c21-19-8-6-15(11-20(19)22)13-24-18(12-23)10-14-5-7-16-3-1-2-4-17(16)9-14/h1-9,11,18,24H,10,12-13,23H2. The van der Waals surface area contributed by atoms with Crippen LogP contribution in [-0.4, -0.2) is 12.6 Å². The highest BCUT2D eigenvalue weighted by Gasteiger charge is 2.09. The predicted molar refractivity (Wildman–Crippen MR) is 93.7 cm³/mol. The first-order chi connectivity index (χ1) is 11.7. The molecule has 0 aliphatic rings. The molecule has 0 saturated heterocycles. The van der Waals surface area contributed by atoms with Crippen molar-refractivity contribution < 1.29 is 8.78 Å². The lowest BCUT2D eigenvalue weighted by Crippen LogP contribution is -2.37. The molecule has 0 radical (unpaired) electrons. The Bertz CT molecular complexity index is 833. The van der Waals surface area contributed by atoms with Crippen molar-refractivity contribution in [1.29, 1.82) is 0 Å². The van der Waals surface area contributed by atoms with E-state index in [1.54, 1.807) is 6.07 Å². The Morgan fingerprint density at radius 2 is 1.58 bits per heavy atom. The molecule has 24 heavy (non-hydrogen) atoms. The zero-order valence-electron chi connectivity index (χ0n) is 13.3. The maximum Gasteiger partial charge on any atom is 0.159 e. The minimum atomic E-state index is -0.828. The van der Waals surface area contributed by atoms with Gasteiger partial charge in [0, 0.05) is 19.1 Å². The second-order valence-corrected chi connectivity index (χ2v) is 5.95. The number of fused-ring (bicyclic) bond motifs is 1. The molecule has 0 saturated carbocycles. The highest BCUT2D eigenvalue weighted by Crippen LogP contribution is 2.17. The minimum absolute atomic E-state index is 0.0688. The van der Waals surface area contributed by atoms with E-state index in [-0.39, 0.29) is 6.04 Å². The molecule has 0 fully saturated rings. The quantitative estimate of drug-likeness (QED) is 0.723. The summed E-state index contributed by atoms with van der Waals surface area (Å²) in [5, 5.41) is 5.72. The van der Waals surface area contributed by atoms with Crippen molar-refractivity contribution in [1.82, 2.24) is 5.32 Å². The van der Waals surface area contributed by atoms with E-state index in [0.717, 1.165) is 12.5 Å². The summed E-state index contributed by atoms with van der Waals surface area (Å²) in [6.07, 6.45) is 0.783. The van der Waals surface area contributed by atoms with Crippen molar-refractivity contribution in [3.05, 3.63) is 83.4 Å². The predicted octanol–water partition coefficient (Wildman–Crippen LogP) is 3.78. The molecule has 0 aliphatic heterocycles. The van der Waals surface area contributed by atoms with E-state index in [4.69, 9.17) is 5.73 Å². The maximum absolute atomic E-state index is 13.3. The van der Waals surface area contributed by atoms with Crippen LogP contribution < -0.4 is 11.1 Å². The summed E-state index contributed by atoms with van der Waals surface area (Å²) in [4.78, 5) is 0. The molecule has 4 heteroatoms. The Morgan fingerprint density at radius 1 is 0.833 bits per heavy atom. The fourth-order valence-corrected chi connectivity index (χ4v) is 2.80. The topological polar surface area (TPSA) is 38.0 Å². The van der Waals surface area contributed by atoms with Crippen LogP contribution in [0.5, 0.6) is 0 Å². The van der Waals surface area contributed by atoms with E-state index in [1.807, 2.05) is 12.1 Å². The fourth-order valence-electron chi connectivity index (χ4n) is 2.80. The van der Waals surface area contributed by atoms with Crippen LogP contribution in [0, 0.1) is 11.6 Å². The summed E-state index contributed by atoms with van der Waals surface area (Å²) >= 11 is 0. The van der Waals surface area contributed by atoms with E-state index >= 15 is 0 Å². The van der Waals surface area contributed by atoms with E-state index in [1.165, 1.54) is 22.4 Å². The Labute approximate surface area is 140 Å². The second-order valence-electron chi connectivity index (χ2n) is 5.95. The van der Waals surface area contributed by atoms with Gasteiger partial charge in [0.25, 0.3) is 0 Å². The van der Waals surface area contributed by atoms with Crippen molar-refractivity contribution in [3.8, 4) is 0 Å². The van der Waals surface area contributed by atoms with Gasteiger partial charge in [-0.1, -0.05) is 48.5 Å². The summed E-state index contributed by atoms with van der Waals surface area (Å²) < 4.78 is 26.2. The Hall–Kier alpha value is -2.30. The van der Waals surface area contributed by atoms with Crippen LogP contribution in [0.2, 0.25) is 0 Å². The summed E-state index contributed by atoms with van der Waals surface area (Å²) in [6.45, 7) is 0.920. The molecule has 3 rings (SSSR count). The molecule has 0 bridgehead atoms. The summed E-state index contributed by atoms with van der Waals surface area (Å²) in [7, 11) is 0. The van der Waals surface area contributed by atoms with Crippen LogP contribution in [0.25, 0.3) is 10.8 Å². The zero-order valence-corrected chi connectivity index (χ0v) is 13.3. The molecule has 0 spiro atoms. The SMILES string of the molecule is NCC(Cc1ccc2ccccc2c1)NCc1ccc(F)c(F)c1. The van der Waals surface area contributed by atoms with Crippen LogP contribution in [0.1, 0.15) is 11.1 Å². The number of nitrogens with two attached hydrogens (primary N) is 1. The van der Waals surface area contributed by atoms with Gasteiger partial charge in [-0.25, -0.2) is 8.78 Å². The third-order valence-corrected chi connectivity index (χ3v) is 4.16. The molecule has 0 aromatic heterocycles. The van der Waals surface area contributed by atoms with Gasteiger partial charge in [-0.05, 0) is 40.5 Å². The average molecular weight is 326 g/mol. The number of benzene rings is 3. The number of halogens is 2. The highest BCUT2D eigenvalue weighted by atomic mass is 19.2. The third-order valence-electron chi connectivity index (χ3n) is 4.16. The molecule has 0 aliphatic carbocycles. The molecule has 0 amide bonds. The number of hydrogen-bond acceptors (Lipinski definition) is 2. The van der Waals surface area contributed by atoms with Crippen LogP contribution >= 0.6 is 0 Å². The normalized spacial score (nSPS) is 12.5. The molecule has 2 nitrogen and oxygen atoms in total. The van der Waals surface area contributed by atoms with E-state index in [2.05, 4.69) is 35.6 Å². The van der Waals surface area contributed by atoms with Gasteiger partial charge in [0.2, 0.25) is 0 Å². The molecular weight excluding hydrogens is 306 g/mol. The van der Waals surface area contributed by atoms with Gasteiger partial charge in [0.1, 0.15) is 0 Å². The lowest BCUT2D eigenvalue weighted by Gasteiger charge is -2.17. The largest absolute Gasteiger partial charge is 0.329 e. The van der Waals surface area contributed by atoms with Crippen LogP contribution in [-0.2, 0) is 13.0 Å². The summed E-state index contributed by atoms with van der Waals surface area (Å²) in [5.41, 5.74) is 7.75. The molecular formula is C20H20F2N2. The lowest BCUT2D eigenvalue weighted by molar-refractivity contribution is 0.496. The van der Waals surface area contributed by atoms with Gasteiger partial charge < -0.3 is 11.1 Å². The smallest absolute Gasteiger partial charge is 0.159 e. The number of rotatable bonds is 6. The second kappa shape index (κ2) is 7.51. The molecule has 1 unspecified atom stereocenters. The Kier molecular flexibility index (Phi) is 5.18. The highest BCUT2D eigenvalue weighted by molar-refractivity contribution is 5.82. The fraction of sp³-hybridized carbons (Fsp3) is 0.200. The van der Waals surface area contributed by atoms with Crippen molar-refractivity contribution >= 4 is 10.8 Å². The van der Waals surface area contributed by atoms with Crippen molar-refractivity contribution in [2.75, 3.05) is 6.54 Å². The van der Waals surface area contributed by atoms with Gasteiger partial charge in [0.15, 0.2) is 11.6 Å². The molecule has 1 atom stereocenters. The van der Waals surface area contributed by atoms with Gasteiger partial charge >= 0.3 is 0 Å². The molecule has 124 valence electrons. The van der Waals surface area contributed by atoms with E-state index < -0.39 is 11.6 Å². The number of nitrogens with one attached hydrogen (secondary N) is 1. The number of hydrogen-bond donors (Lipinski definition) is 2. The minimum Gasteiger partial charge on any atom is -0.329 e. The third kappa shape index (κ3) is 3.96. The first kappa shape index (κ1) is 16.6. The van der Waals surface area contributed by atoms with Crippen molar-refractivity contribution in [2.45, 2.75) is 19.0 Å². The summed E-state index contributed by atoms with van der Waals surface area (Å²) in [5.74, 6) is -1.65. The van der Waals surface area contributed by atoms with Crippen molar-refractivity contribution in [3.63, 3.8) is 0 Å². The average Bonchev–Trinajstić information content (AvgIpc) is 2.61. The first-order valence-corrected chi connectivity index (χ1v) is 8.01. The molecule has 3 aromatic rings. The van der Waals surface area contributed by atoms with Crippen LogP contribution in [0.15, 0.2) is 60.7 Å². The van der Waals surface area contributed by atoms with Gasteiger partial charge in [0.05, 0.1) is 0 Å². The van der Waals surface area contributed by atoms with Crippen LogP contribution in [0.3, 0.4) is 0 Å². The Balaban J connectivity index is 1.65. The van der Waals surface area contributed by atoms with Gasteiger partial charge in [-0.15, -0.1) is 0 Å². The van der Waals surface area contributed by atoms with Gasteiger partial charge in [-0.3, -0.25) is 0 Å². The maximum atomic E-state index is 13.3. The van der Waals surface area contributed by atoms with Crippen LogP contribution in [0.4, 0.5) is 8.78 Å². The zero-order chi connectivity index (χ0) is 16.9. The van der Waals surface area contributed by atoms with E-state index in [0.29, 0.717) is 18.7 Å².